The van der Waals surface area contributed by atoms with Crippen molar-refractivity contribution in [3.05, 3.63) is 89.2 Å². The van der Waals surface area contributed by atoms with Crippen molar-refractivity contribution in [1.29, 1.82) is 0 Å². The Hall–Kier alpha value is -3.38. The number of carbonyl (C=O) groups excluding carboxylic acids is 2. The molecule has 1 unspecified atom stereocenters. The molecule has 6 nitrogen and oxygen atoms in total. The van der Waals surface area contributed by atoms with Gasteiger partial charge < -0.3 is 15.4 Å². The lowest BCUT2D eigenvalue weighted by atomic mass is 9.81. The lowest BCUT2D eigenvalue weighted by Gasteiger charge is -2.30. The Bertz CT molecular complexity index is 1240. The molecule has 206 valence electrons. The molecule has 1 aliphatic rings. The van der Waals surface area contributed by atoms with Crippen LogP contribution in [-0.4, -0.2) is 29.1 Å². The van der Waals surface area contributed by atoms with E-state index in [9.17, 15) is 9.59 Å². The quantitative estimate of drug-likeness (QED) is 0.294. The molecule has 1 atom stereocenters. The maximum atomic E-state index is 13.5. The first-order chi connectivity index (χ1) is 18.7. The molecule has 1 aliphatic carbocycles. The lowest BCUT2D eigenvalue weighted by molar-refractivity contribution is -0.127. The average Bonchev–Trinajstić information content (AvgIpc) is 2.91. The fraction of sp³-hybridized carbons (Fsp3) is 0.406. The summed E-state index contributed by atoms with van der Waals surface area (Å²) in [7, 11) is 0. The van der Waals surface area contributed by atoms with Crippen molar-refractivity contribution in [2.45, 2.75) is 64.5 Å². The van der Waals surface area contributed by atoms with Gasteiger partial charge in [-0.25, -0.2) is 9.78 Å². The van der Waals surface area contributed by atoms with Gasteiger partial charge in [-0.2, -0.15) is 0 Å². The van der Waals surface area contributed by atoms with Crippen molar-refractivity contribution in [3.63, 3.8) is 0 Å². The standard InChI is InChI=1S/C32H38ClN3O3/c1-32(2,3)39-31(38)34-21-23-14-16-25(17-15-23)30(37)36-27(18-22-10-6-4-7-11-22)28-19-26(20-29(33)35-28)24-12-8-5-9-13-24/h4-13,19-20,23,25,27H,14-18,21H2,1-3H3,(H,34,38)(H,36,37). The normalized spacial score (nSPS) is 18.2. The molecule has 0 spiro atoms. The summed E-state index contributed by atoms with van der Waals surface area (Å²) in [4.78, 5) is 30.1. The molecular formula is C32H38ClN3O3. The van der Waals surface area contributed by atoms with Crippen LogP contribution < -0.4 is 10.6 Å². The molecule has 2 N–H and O–H groups in total. The Morgan fingerprint density at radius 3 is 2.23 bits per heavy atom. The van der Waals surface area contributed by atoms with E-state index in [1.54, 1.807) is 0 Å². The molecule has 0 radical (unpaired) electrons. The van der Waals surface area contributed by atoms with Gasteiger partial charge in [0.15, 0.2) is 0 Å². The second kappa shape index (κ2) is 13.1. The number of hydrogen-bond donors (Lipinski definition) is 2. The van der Waals surface area contributed by atoms with Crippen molar-refractivity contribution in [2.75, 3.05) is 6.54 Å². The molecule has 2 amide bonds. The van der Waals surface area contributed by atoms with E-state index in [4.69, 9.17) is 16.3 Å². The number of aromatic nitrogens is 1. The van der Waals surface area contributed by atoms with Gasteiger partial charge in [-0.15, -0.1) is 0 Å². The summed E-state index contributed by atoms with van der Waals surface area (Å²) < 4.78 is 5.34. The number of rotatable bonds is 8. The molecule has 4 rings (SSSR count). The van der Waals surface area contributed by atoms with Crippen LogP contribution in [0.25, 0.3) is 11.1 Å². The molecular weight excluding hydrogens is 510 g/mol. The van der Waals surface area contributed by atoms with Crippen LogP contribution in [0.4, 0.5) is 4.79 Å². The predicted octanol–water partition coefficient (Wildman–Crippen LogP) is 7.13. The molecule has 7 heteroatoms. The first-order valence-corrected chi connectivity index (χ1v) is 14.1. The molecule has 1 saturated carbocycles. The summed E-state index contributed by atoms with van der Waals surface area (Å²) in [5.41, 5.74) is 3.36. The van der Waals surface area contributed by atoms with Crippen LogP contribution in [0.3, 0.4) is 0 Å². The number of carbonyl (C=O) groups is 2. The van der Waals surface area contributed by atoms with Gasteiger partial charge in [0.2, 0.25) is 5.91 Å². The Morgan fingerprint density at radius 1 is 0.949 bits per heavy atom. The van der Waals surface area contributed by atoms with Gasteiger partial charge in [0, 0.05) is 12.5 Å². The Balaban J connectivity index is 1.42. The number of hydrogen-bond acceptors (Lipinski definition) is 4. The monoisotopic (exact) mass is 547 g/mol. The summed E-state index contributed by atoms with van der Waals surface area (Å²) in [5.74, 6) is 0.302. The van der Waals surface area contributed by atoms with Crippen molar-refractivity contribution in [1.82, 2.24) is 15.6 Å². The smallest absolute Gasteiger partial charge is 0.407 e. The minimum atomic E-state index is -0.518. The Labute approximate surface area is 236 Å². The van der Waals surface area contributed by atoms with E-state index in [-0.39, 0.29) is 17.9 Å². The largest absolute Gasteiger partial charge is 0.444 e. The highest BCUT2D eigenvalue weighted by molar-refractivity contribution is 6.29. The second-order valence-corrected chi connectivity index (χ2v) is 11.7. The highest BCUT2D eigenvalue weighted by Crippen LogP contribution is 2.31. The zero-order chi connectivity index (χ0) is 27.8. The van der Waals surface area contributed by atoms with Gasteiger partial charge in [-0.1, -0.05) is 72.3 Å². The number of nitrogens with zero attached hydrogens (tertiary/aromatic N) is 1. The molecule has 0 aliphatic heterocycles. The highest BCUT2D eigenvalue weighted by atomic mass is 35.5. The minimum Gasteiger partial charge on any atom is -0.444 e. The van der Waals surface area contributed by atoms with Crippen molar-refractivity contribution in [2.24, 2.45) is 11.8 Å². The number of alkyl carbamates (subject to hydrolysis) is 1. The lowest BCUT2D eigenvalue weighted by Crippen LogP contribution is -2.39. The van der Waals surface area contributed by atoms with E-state index < -0.39 is 11.7 Å². The van der Waals surface area contributed by atoms with E-state index in [0.717, 1.165) is 48.1 Å². The van der Waals surface area contributed by atoms with Crippen LogP contribution in [0, 0.1) is 11.8 Å². The van der Waals surface area contributed by atoms with E-state index in [1.807, 2.05) is 81.4 Å². The summed E-state index contributed by atoms with van der Waals surface area (Å²) in [6, 6.07) is 23.7. The van der Waals surface area contributed by atoms with E-state index >= 15 is 0 Å². The number of halogens is 1. The van der Waals surface area contributed by atoms with Gasteiger partial charge in [0.1, 0.15) is 10.8 Å². The number of ether oxygens (including phenoxy) is 1. The summed E-state index contributed by atoms with van der Waals surface area (Å²) in [6.07, 6.45) is 3.54. The van der Waals surface area contributed by atoms with Crippen molar-refractivity contribution >= 4 is 23.6 Å². The van der Waals surface area contributed by atoms with Crippen LogP contribution >= 0.6 is 11.6 Å². The number of nitrogens with one attached hydrogen (secondary N) is 2. The van der Waals surface area contributed by atoms with E-state index in [1.165, 1.54) is 0 Å². The Morgan fingerprint density at radius 2 is 1.59 bits per heavy atom. The Kier molecular flexibility index (Phi) is 9.63. The van der Waals surface area contributed by atoms with Crippen LogP contribution in [0.15, 0.2) is 72.8 Å². The molecule has 2 aromatic carbocycles. The maximum absolute atomic E-state index is 13.5. The van der Waals surface area contributed by atoms with Crippen molar-refractivity contribution < 1.29 is 14.3 Å². The highest BCUT2D eigenvalue weighted by Gasteiger charge is 2.29. The first kappa shape index (κ1) is 28.6. The molecule has 3 aromatic rings. The van der Waals surface area contributed by atoms with Gasteiger partial charge in [-0.3, -0.25) is 4.79 Å². The van der Waals surface area contributed by atoms with Crippen LogP contribution in [0.2, 0.25) is 5.15 Å². The molecule has 0 bridgehead atoms. The first-order valence-electron chi connectivity index (χ1n) is 13.7. The molecule has 1 heterocycles. The van der Waals surface area contributed by atoms with Crippen LogP contribution in [0.1, 0.15) is 63.8 Å². The predicted molar refractivity (Wildman–Crippen MR) is 155 cm³/mol. The summed E-state index contributed by atoms with van der Waals surface area (Å²) in [5, 5.41) is 6.57. The summed E-state index contributed by atoms with van der Waals surface area (Å²) in [6.45, 7) is 6.11. The topological polar surface area (TPSA) is 80.3 Å². The zero-order valence-corrected chi connectivity index (χ0v) is 23.7. The zero-order valence-electron chi connectivity index (χ0n) is 23.0. The summed E-state index contributed by atoms with van der Waals surface area (Å²) >= 11 is 6.47. The molecule has 39 heavy (non-hydrogen) atoms. The van der Waals surface area contributed by atoms with E-state index in [2.05, 4.69) is 27.8 Å². The molecule has 1 aromatic heterocycles. The third kappa shape index (κ3) is 8.82. The third-order valence-corrected chi connectivity index (χ3v) is 7.22. The number of benzene rings is 2. The van der Waals surface area contributed by atoms with Gasteiger partial charge in [-0.05, 0) is 87.6 Å². The second-order valence-electron chi connectivity index (χ2n) is 11.3. The van der Waals surface area contributed by atoms with Crippen LogP contribution in [0.5, 0.6) is 0 Å². The van der Waals surface area contributed by atoms with E-state index in [0.29, 0.717) is 24.0 Å². The minimum absolute atomic E-state index is 0.0394. The van der Waals surface area contributed by atoms with Gasteiger partial charge >= 0.3 is 6.09 Å². The van der Waals surface area contributed by atoms with Crippen molar-refractivity contribution in [3.8, 4) is 11.1 Å². The fourth-order valence-electron chi connectivity index (χ4n) is 5.03. The van der Waals surface area contributed by atoms with Gasteiger partial charge in [0.25, 0.3) is 0 Å². The number of pyridine rings is 1. The molecule has 1 fully saturated rings. The maximum Gasteiger partial charge on any atom is 0.407 e. The number of amides is 2. The van der Waals surface area contributed by atoms with Gasteiger partial charge in [0.05, 0.1) is 11.7 Å². The van der Waals surface area contributed by atoms with Crippen LogP contribution in [-0.2, 0) is 16.0 Å². The molecule has 0 saturated heterocycles. The fourth-order valence-corrected chi connectivity index (χ4v) is 5.25. The average molecular weight is 548 g/mol. The third-order valence-electron chi connectivity index (χ3n) is 7.03. The SMILES string of the molecule is CC(C)(C)OC(=O)NCC1CCC(C(=O)NC(Cc2ccccc2)c2cc(-c3ccccc3)cc(Cl)n2)CC1.